The first-order valence-corrected chi connectivity index (χ1v) is 13.7. The fourth-order valence-corrected chi connectivity index (χ4v) is 5.66. The number of nitrogens with one attached hydrogen (secondary N) is 2. The van der Waals surface area contributed by atoms with Crippen LogP contribution in [0.5, 0.6) is 0 Å². The van der Waals surface area contributed by atoms with Crippen molar-refractivity contribution >= 4 is 34.5 Å². The maximum absolute atomic E-state index is 14.6. The van der Waals surface area contributed by atoms with Crippen molar-refractivity contribution in [2.75, 3.05) is 0 Å². The smallest absolute Gasteiger partial charge is 0.420 e. The van der Waals surface area contributed by atoms with E-state index in [0.29, 0.717) is 35.1 Å². The van der Waals surface area contributed by atoms with Crippen LogP contribution in [0, 0.1) is 12.7 Å². The van der Waals surface area contributed by atoms with E-state index in [1.54, 1.807) is 31.2 Å². The monoisotopic (exact) mass is 586 g/mol. The van der Waals surface area contributed by atoms with Gasteiger partial charge >= 0.3 is 11.7 Å². The van der Waals surface area contributed by atoms with Crippen molar-refractivity contribution in [3.63, 3.8) is 0 Å². The van der Waals surface area contributed by atoms with Crippen LogP contribution in [-0.2, 0) is 13.0 Å². The van der Waals surface area contributed by atoms with E-state index >= 15 is 0 Å². The largest absolute Gasteiger partial charge is 0.478 e. The summed E-state index contributed by atoms with van der Waals surface area (Å²) in [5.41, 5.74) is 3.69. The number of carbonyl (C=O) groups excluding carboxylic acids is 2. The van der Waals surface area contributed by atoms with Crippen LogP contribution in [0.4, 0.5) is 4.39 Å². The molecule has 1 aliphatic rings. The molecular weight excluding hydrogens is 559 g/mol. The number of carboxylic acid groups (broad SMARTS) is 1. The highest BCUT2D eigenvalue weighted by Crippen LogP contribution is 2.35. The third-order valence-electron chi connectivity index (χ3n) is 7.77. The number of aromatic nitrogens is 4. The normalized spacial score (nSPS) is 14.4. The van der Waals surface area contributed by atoms with Crippen LogP contribution >= 0.6 is 0 Å². The van der Waals surface area contributed by atoms with E-state index in [0.717, 1.165) is 21.8 Å². The molecule has 3 heterocycles. The van der Waals surface area contributed by atoms with E-state index in [4.69, 9.17) is 4.42 Å². The molecule has 1 atom stereocenters. The highest BCUT2D eigenvalue weighted by Gasteiger charge is 2.29. The minimum absolute atomic E-state index is 0.0684. The number of benzene rings is 2. The van der Waals surface area contributed by atoms with Crippen LogP contribution in [0.2, 0.25) is 0 Å². The first-order chi connectivity index (χ1) is 20.5. The van der Waals surface area contributed by atoms with Gasteiger partial charge in [-0.15, -0.1) is 0 Å². The Bertz CT molecular complexity index is 2020. The number of aromatic carboxylic acids is 1. The van der Waals surface area contributed by atoms with E-state index < -0.39 is 35.4 Å². The molecule has 0 fully saturated rings. The zero-order valence-corrected chi connectivity index (χ0v) is 23.5. The lowest BCUT2D eigenvalue weighted by atomic mass is 9.98. The fraction of sp³-hybridized carbons (Fsp3) is 0.267. The van der Waals surface area contributed by atoms with Crippen LogP contribution in [0.1, 0.15) is 85.9 Å². The Morgan fingerprint density at radius 1 is 1.16 bits per heavy atom. The van der Waals surface area contributed by atoms with E-state index in [1.807, 2.05) is 13.8 Å². The first-order valence-electron chi connectivity index (χ1n) is 13.7. The van der Waals surface area contributed by atoms with Gasteiger partial charge in [0.25, 0.3) is 11.8 Å². The second-order valence-electron chi connectivity index (χ2n) is 10.7. The van der Waals surface area contributed by atoms with Crippen molar-refractivity contribution in [2.45, 2.75) is 52.2 Å². The Balaban J connectivity index is 1.25. The number of halogens is 1. The van der Waals surface area contributed by atoms with Crippen molar-refractivity contribution in [3.05, 3.63) is 98.2 Å². The predicted octanol–water partition coefficient (Wildman–Crippen LogP) is 3.71. The summed E-state index contributed by atoms with van der Waals surface area (Å²) in [5.74, 6) is -3.54. The number of carbonyl (C=O) groups is 3. The van der Waals surface area contributed by atoms with Crippen molar-refractivity contribution < 1.29 is 28.3 Å². The Morgan fingerprint density at radius 3 is 2.70 bits per heavy atom. The van der Waals surface area contributed by atoms with Gasteiger partial charge in [0.2, 0.25) is 0 Å². The molecule has 0 aliphatic heterocycles. The third kappa shape index (κ3) is 4.82. The average Bonchev–Trinajstić information content (AvgIpc) is 3.65. The molecule has 2 amide bonds. The molecule has 13 heteroatoms. The van der Waals surface area contributed by atoms with E-state index in [-0.39, 0.29) is 35.2 Å². The van der Waals surface area contributed by atoms with E-state index in [2.05, 4.69) is 20.7 Å². The predicted molar refractivity (Wildman–Crippen MR) is 152 cm³/mol. The molecule has 6 rings (SSSR count). The van der Waals surface area contributed by atoms with Crippen LogP contribution in [0.25, 0.3) is 16.7 Å². The molecule has 220 valence electrons. The van der Waals surface area contributed by atoms with Gasteiger partial charge in [-0.3, -0.25) is 14.2 Å². The number of amides is 2. The third-order valence-corrected chi connectivity index (χ3v) is 7.77. The van der Waals surface area contributed by atoms with Gasteiger partial charge in [-0.25, -0.2) is 23.5 Å². The summed E-state index contributed by atoms with van der Waals surface area (Å²) in [6.45, 7) is 5.53. The van der Waals surface area contributed by atoms with Crippen LogP contribution in [0.15, 0.2) is 51.8 Å². The molecule has 0 radical (unpaired) electrons. The zero-order valence-electron chi connectivity index (χ0n) is 23.5. The molecule has 2 aromatic carbocycles. The van der Waals surface area contributed by atoms with Crippen molar-refractivity contribution in [1.82, 2.24) is 29.8 Å². The molecule has 0 bridgehead atoms. The van der Waals surface area contributed by atoms with Gasteiger partial charge in [0, 0.05) is 18.7 Å². The molecule has 0 unspecified atom stereocenters. The summed E-state index contributed by atoms with van der Waals surface area (Å²) in [6.07, 6.45) is 2.05. The highest BCUT2D eigenvalue weighted by atomic mass is 19.1. The Kier molecular flexibility index (Phi) is 6.79. The Hall–Kier alpha value is -5.33. The topological polar surface area (TPSA) is 161 Å². The number of rotatable bonds is 7. The molecule has 43 heavy (non-hydrogen) atoms. The number of hydrogen-bond acceptors (Lipinski definition) is 7. The standard InChI is InChI=1S/C30H27FN6O6/c1-14(2)36-23-10-16(4-9-25(23)43-30(36)42)12-32-27(38)22-11-24(37-26(34-22)20(31)13-33-37)28(39)35-21-8-7-17-15(3)18(29(40)41)5-6-19(17)21/h4-6,9-11,13-14,21H,7-8,12H2,1-3H3,(H,32,38)(H,35,39)(H,40,41)/t21-/m0/s1. The van der Waals surface area contributed by atoms with Gasteiger partial charge in [0.1, 0.15) is 11.4 Å². The van der Waals surface area contributed by atoms with Gasteiger partial charge < -0.3 is 20.2 Å². The molecule has 3 aromatic heterocycles. The van der Waals surface area contributed by atoms with Crippen LogP contribution < -0.4 is 16.4 Å². The minimum Gasteiger partial charge on any atom is -0.478 e. The van der Waals surface area contributed by atoms with Crippen molar-refractivity contribution in [2.24, 2.45) is 0 Å². The van der Waals surface area contributed by atoms with Crippen LogP contribution in [0.3, 0.4) is 0 Å². The molecule has 1 aliphatic carbocycles. The maximum Gasteiger partial charge on any atom is 0.420 e. The SMILES string of the molecule is Cc1c(C(=O)O)ccc2c1CC[C@@H]2NC(=O)c1cc(C(=O)NCc2ccc3oc(=O)n(C(C)C)c3c2)nc2c(F)cnn12. The van der Waals surface area contributed by atoms with Gasteiger partial charge in [-0.05, 0) is 74.1 Å². The second kappa shape index (κ2) is 10.5. The summed E-state index contributed by atoms with van der Waals surface area (Å²) in [4.78, 5) is 54.5. The summed E-state index contributed by atoms with van der Waals surface area (Å²) in [7, 11) is 0. The lowest BCUT2D eigenvalue weighted by Crippen LogP contribution is -2.30. The number of nitrogens with zero attached hydrogens (tertiary/aromatic N) is 4. The number of oxazole rings is 1. The molecule has 12 nitrogen and oxygen atoms in total. The summed E-state index contributed by atoms with van der Waals surface area (Å²) >= 11 is 0. The Labute approximate surface area is 243 Å². The summed E-state index contributed by atoms with van der Waals surface area (Å²) in [5, 5.41) is 19.0. The second-order valence-corrected chi connectivity index (χ2v) is 10.7. The molecule has 0 spiro atoms. The number of hydrogen-bond donors (Lipinski definition) is 3. The lowest BCUT2D eigenvalue weighted by Gasteiger charge is -2.16. The zero-order chi connectivity index (χ0) is 30.6. The molecule has 0 saturated heterocycles. The highest BCUT2D eigenvalue weighted by molar-refractivity contribution is 5.98. The van der Waals surface area contributed by atoms with E-state index in [9.17, 15) is 28.7 Å². The molecule has 5 aromatic rings. The van der Waals surface area contributed by atoms with Crippen LogP contribution in [-0.4, -0.2) is 42.1 Å². The molecule has 3 N–H and O–H groups in total. The van der Waals surface area contributed by atoms with E-state index in [1.165, 1.54) is 16.7 Å². The van der Waals surface area contributed by atoms with Gasteiger partial charge in [0.15, 0.2) is 17.0 Å². The van der Waals surface area contributed by atoms with Crippen molar-refractivity contribution in [3.8, 4) is 0 Å². The minimum atomic E-state index is -1.02. The quantitative estimate of drug-likeness (QED) is 0.260. The van der Waals surface area contributed by atoms with Crippen molar-refractivity contribution in [1.29, 1.82) is 0 Å². The lowest BCUT2D eigenvalue weighted by molar-refractivity contribution is 0.0695. The fourth-order valence-electron chi connectivity index (χ4n) is 5.66. The van der Waals surface area contributed by atoms with Gasteiger partial charge in [0.05, 0.1) is 23.3 Å². The Morgan fingerprint density at radius 2 is 1.95 bits per heavy atom. The molecular formula is C30H27FN6O6. The number of carboxylic acids is 1. The summed E-state index contributed by atoms with van der Waals surface area (Å²) < 4.78 is 22.4. The first kappa shape index (κ1) is 27.8. The van der Waals surface area contributed by atoms with Gasteiger partial charge in [-0.1, -0.05) is 12.1 Å². The average molecular weight is 587 g/mol. The van der Waals surface area contributed by atoms with Gasteiger partial charge in [-0.2, -0.15) is 5.10 Å². The molecule has 0 saturated carbocycles. The summed E-state index contributed by atoms with van der Waals surface area (Å²) in [6, 6.07) is 9.02. The maximum atomic E-state index is 14.6. The number of fused-ring (bicyclic) bond motifs is 3.